The van der Waals surface area contributed by atoms with Gasteiger partial charge < -0.3 is 15.5 Å². The maximum absolute atomic E-state index is 4.35. The van der Waals surface area contributed by atoms with E-state index in [0.717, 1.165) is 38.7 Å². The molecule has 2 aliphatic heterocycles. The molecule has 1 unspecified atom stereocenters. The quantitative estimate of drug-likeness (QED) is 0.291. The van der Waals surface area contributed by atoms with Crippen molar-refractivity contribution in [2.24, 2.45) is 4.99 Å². The van der Waals surface area contributed by atoms with Gasteiger partial charge in [0, 0.05) is 45.0 Å². The maximum Gasteiger partial charge on any atom is 0.191 e. The third kappa shape index (κ3) is 5.61. The highest BCUT2D eigenvalue weighted by Crippen LogP contribution is 2.17. The molecule has 0 bridgehead atoms. The summed E-state index contributed by atoms with van der Waals surface area (Å²) < 4.78 is 0. The van der Waals surface area contributed by atoms with Crippen LogP contribution in [-0.2, 0) is 6.54 Å². The average molecular weight is 469 g/mol. The van der Waals surface area contributed by atoms with Crippen LogP contribution in [0.2, 0.25) is 0 Å². The molecule has 0 aromatic heterocycles. The van der Waals surface area contributed by atoms with Gasteiger partial charge in [0.15, 0.2) is 5.96 Å². The number of anilines is 1. The average Bonchev–Trinajstić information content (AvgIpc) is 3.34. The third-order valence-corrected chi connectivity index (χ3v) is 5.21. The van der Waals surface area contributed by atoms with Crippen molar-refractivity contribution in [3.8, 4) is 0 Å². The number of rotatable bonds is 6. The Morgan fingerprint density at radius 2 is 1.88 bits per heavy atom. The largest absolute Gasteiger partial charge is 0.364 e. The van der Waals surface area contributed by atoms with E-state index >= 15 is 0 Å². The molecule has 1 fully saturated rings. The standard InChI is InChI=1S/C20H31N5.HI/c1-3-24-14-6-7-19(24)16-23-20(21-2)22-15-17-8-10-18(11-9-17)25-12-4-5-13-25;/h4-5,8-11,19H,3,6-7,12-16H2,1-2H3,(H2,21,22,23);1H. The van der Waals surface area contributed by atoms with Crippen LogP contribution >= 0.6 is 24.0 Å². The third-order valence-electron chi connectivity index (χ3n) is 5.21. The molecule has 0 amide bonds. The number of hydrogen-bond acceptors (Lipinski definition) is 3. The summed E-state index contributed by atoms with van der Waals surface area (Å²) in [6, 6.07) is 9.44. The number of nitrogens with zero attached hydrogens (tertiary/aromatic N) is 3. The Bertz CT molecular complexity index is 591. The smallest absolute Gasteiger partial charge is 0.191 e. The van der Waals surface area contributed by atoms with Crippen molar-refractivity contribution < 1.29 is 0 Å². The number of halogens is 1. The molecule has 0 aliphatic carbocycles. The second-order valence-electron chi connectivity index (χ2n) is 6.77. The van der Waals surface area contributed by atoms with Gasteiger partial charge in [-0.05, 0) is 43.6 Å². The summed E-state index contributed by atoms with van der Waals surface area (Å²) >= 11 is 0. The molecule has 1 aromatic rings. The Labute approximate surface area is 174 Å². The highest BCUT2D eigenvalue weighted by atomic mass is 127. The summed E-state index contributed by atoms with van der Waals surface area (Å²) in [4.78, 5) is 9.26. The number of nitrogens with one attached hydrogen (secondary N) is 2. The molecule has 1 aromatic carbocycles. The van der Waals surface area contributed by atoms with Crippen LogP contribution in [0.3, 0.4) is 0 Å². The molecule has 144 valence electrons. The van der Waals surface area contributed by atoms with Crippen molar-refractivity contribution in [1.82, 2.24) is 15.5 Å². The molecular formula is C20H32IN5. The van der Waals surface area contributed by atoms with Crippen LogP contribution in [0, 0.1) is 0 Å². The summed E-state index contributed by atoms with van der Waals surface area (Å²) in [5.41, 5.74) is 2.56. The Morgan fingerprint density at radius 1 is 1.15 bits per heavy atom. The lowest BCUT2D eigenvalue weighted by Crippen LogP contribution is -2.44. The molecule has 6 heteroatoms. The van der Waals surface area contributed by atoms with E-state index in [-0.39, 0.29) is 24.0 Å². The normalized spacial score (nSPS) is 20.3. The predicted molar refractivity (Wildman–Crippen MR) is 122 cm³/mol. The van der Waals surface area contributed by atoms with Crippen LogP contribution < -0.4 is 15.5 Å². The van der Waals surface area contributed by atoms with E-state index in [2.05, 4.69) is 68.8 Å². The van der Waals surface area contributed by atoms with Gasteiger partial charge in [-0.25, -0.2) is 0 Å². The molecule has 5 nitrogen and oxygen atoms in total. The van der Waals surface area contributed by atoms with Gasteiger partial charge in [0.05, 0.1) is 0 Å². The SMILES string of the molecule is CCN1CCCC1CNC(=NC)NCc1ccc(N2CC=CC2)cc1.I. The Hall–Kier alpha value is -1.28. The molecule has 2 heterocycles. The second kappa shape index (κ2) is 10.8. The topological polar surface area (TPSA) is 42.9 Å². The van der Waals surface area contributed by atoms with Crippen molar-refractivity contribution in [2.45, 2.75) is 32.4 Å². The van der Waals surface area contributed by atoms with Crippen LogP contribution in [-0.4, -0.2) is 56.7 Å². The van der Waals surface area contributed by atoms with Crippen LogP contribution in [0.15, 0.2) is 41.4 Å². The van der Waals surface area contributed by atoms with E-state index in [1.54, 1.807) is 0 Å². The zero-order chi connectivity index (χ0) is 17.5. The van der Waals surface area contributed by atoms with Gasteiger partial charge in [-0.15, -0.1) is 24.0 Å². The Kier molecular flexibility index (Phi) is 8.71. The number of likely N-dealkylation sites (N-methyl/N-ethyl adjacent to an activating group) is 1. The minimum Gasteiger partial charge on any atom is -0.364 e. The number of benzene rings is 1. The highest BCUT2D eigenvalue weighted by Gasteiger charge is 2.22. The molecular weight excluding hydrogens is 437 g/mol. The van der Waals surface area contributed by atoms with Gasteiger partial charge in [-0.3, -0.25) is 9.89 Å². The van der Waals surface area contributed by atoms with E-state index in [1.165, 1.54) is 30.6 Å². The van der Waals surface area contributed by atoms with E-state index in [0.29, 0.717) is 6.04 Å². The van der Waals surface area contributed by atoms with Crippen molar-refractivity contribution in [1.29, 1.82) is 0 Å². The van der Waals surface area contributed by atoms with Crippen molar-refractivity contribution in [3.63, 3.8) is 0 Å². The number of likely N-dealkylation sites (tertiary alicyclic amines) is 1. The Balaban J connectivity index is 0.00000243. The van der Waals surface area contributed by atoms with Gasteiger partial charge in [-0.2, -0.15) is 0 Å². The predicted octanol–water partition coefficient (Wildman–Crippen LogP) is 2.83. The summed E-state index contributed by atoms with van der Waals surface area (Å²) in [6.45, 7) is 8.40. The minimum absolute atomic E-state index is 0. The molecule has 0 saturated carbocycles. The number of aliphatic imine (C=N–C) groups is 1. The first-order valence-electron chi connectivity index (χ1n) is 9.47. The van der Waals surface area contributed by atoms with Crippen LogP contribution in [0.4, 0.5) is 5.69 Å². The summed E-state index contributed by atoms with van der Waals surface area (Å²) in [7, 11) is 1.84. The molecule has 0 radical (unpaired) electrons. The first kappa shape index (κ1) is 21.0. The first-order chi connectivity index (χ1) is 12.3. The molecule has 2 N–H and O–H groups in total. The van der Waals surface area contributed by atoms with Gasteiger partial charge in [0.2, 0.25) is 0 Å². The van der Waals surface area contributed by atoms with E-state index in [1.807, 2.05) is 7.05 Å². The van der Waals surface area contributed by atoms with Gasteiger partial charge in [-0.1, -0.05) is 31.2 Å². The van der Waals surface area contributed by atoms with Gasteiger partial charge in [0.25, 0.3) is 0 Å². The minimum atomic E-state index is 0. The molecule has 26 heavy (non-hydrogen) atoms. The molecule has 1 saturated heterocycles. The molecule has 3 rings (SSSR count). The monoisotopic (exact) mass is 469 g/mol. The summed E-state index contributed by atoms with van der Waals surface area (Å²) in [6.07, 6.45) is 7.03. The maximum atomic E-state index is 4.35. The second-order valence-corrected chi connectivity index (χ2v) is 6.77. The zero-order valence-electron chi connectivity index (χ0n) is 15.9. The van der Waals surface area contributed by atoms with Crippen LogP contribution in [0.1, 0.15) is 25.3 Å². The summed E-state index contributed by atoms with van der Waals surface area (Å²) in [5.74, 6) is 0.885. The van der Waals surface area contributed by atoms with Crippen LogP contribution in [0.5, 0.6) is 0 Å². The summed E-state index contributed by atoms with van der Waals surface area (Å²) in [5, 5.41) is 6.91. The fourth-order valence-electron chi connectivity index (χ4n) is 3.68. The van der Waals surface area contributed by atoms with Gasteiger partial charge >= 0.3 is 0 Å². The van der Waals surface area contributed by atoms with E-state index < -0.39 is 0 Å². The van der Waals surface area contributed by atoms with Crippen molar-refractivity contribution in [2.75, 3.05) is 44.7 Å². The number of hydrogen-bond donors (Lipinski definition) is 2. The fourth-order valence-corrected chi connectivity index (χ4v) is 3.68. The first-order valence-corrected chi connectivity index (χ1v) is 9.47. The fraction of sp³-hybridized carbons (Fsp3) is 0.550. The highest BCUT2D eigenvalue weighted by molar-refractivity contribution is 14.0. The zero-order valence-corrected chi connectivity index (χ0v) is 18.3. The molecule has 2 aliphatic rings. The van der Waals surface area contributed by atoms with Crippen molar-refractivity contribution in [3.05, 3.63) is 42.0 Å². The van der Waals surface area contributed by atoms with E-state index in [9.17, 15) is 0 Å². The molecule has 1 atom stereocenters. The van der Waals surface area contributed by atoms with Crippen LogP contribution in [0.25, 0.3) is 0 Å². The van der Waals surface area contributed by atoms with Gasteiger partial charge in [0.1, 0.15) is 0 Å². The molecule has 0 spiro atoms. The lowest BCUT2D eigenvalue weighted by molar-refractivity contribution is 0.267. The van der Waals surface area contributed by atoms with Crippen molar-refractivity contribution >= 4 is 35.6 Å². The number of guanidine groups is 1. The lowest BCUT2D eigenvalue weighted by atomic mass is 10.2. The van der Waals surface area contributed by atoms with E-state index in [4.69, 9.17) is 0 Å². The lowest BCUT2D eigenvalue weighted by Gasteiger charge is -2.24. The Morgan fingerprint density at radius 3 is 2.54 bits per heavy atom.